The minimum Gasteiger partial charge on any atom is -0.478 e. The largest absolute Gasteiger partial charge is 0.478 e. The van der Waals surface area contributed by atoms with Crippen LogP contribution >= 0.6 is 0 Å². The van der Waals surface area contributed by atoms with Crippen LogP contribution in [-0.2, 0) is 19.2 Å². The molecule has 9 heteroatoms. The molecule has 0 aromatic rings. The molecule has 1 aliphatic heterocycles. The van der Waals surface area contributed by atoms with Gasteiger partial charge in [0.15, 0.2) is 0 Å². The van der Waals surface area contributed by atoms with Gasteiger partial charge in [-0.3, -0.25) is 0 Å². The van der Waals surface area contributed by atoms with E-state index in [0.717, 1.165) is 0 Å². The first-order valence-electron chi connectivity index (χ1n) is 8.58. The fourth-order valence-electron chi connectivity index (χ4n) is 2.63. The third kappa shape index (κ3) is 5.44. The Bertz CT molecular complexity index is 695. The van der Waals surface area contributed by atoms with Gasteiger partial charge in [0.25, 0.3) is 0 Å². The normalized spacial score (nSPS) is 14.7. The highest BCUT2D eigenvalue weighted by Crippen LogP contribution is 2.35. The zero-order valence-corrected chi connectivity index (χ0v) is 15.2. The van der Waals surface area contributed by atoms with Gasteiger partial charge in [0.2, 0.25) is 0 Å². The SMILES string of the molecule is CCCC/C(C(=O)O)=C(/C(=O)O)C1=C(/C(C(=O)O)=C(\CCCC)C(=O)O)N1. The van der Waals surface area contributed by atoms with Gasteiger partial charge in [-0.1, -0.05) is 26.7 Å². The van der Waals surface area contributed by atoms with Crippen molar-refractivity contribution in [2.24, 2.45) is 0 Å². The molecular formula is C18H23NO8. The number of unbranched alkanes of at least 4 members (excludes halogenated alkanes) is 2. The molecule has 0 spiro atoms. The molecule has 27 heavy (non-hydrogen) atoms. The average molecular weight is 381 g/mol. The minimum atomic E-state index is -1.52. The molecule has 0 unspecified atom stereocenters. The number of carbonyl (C=O) groups is 4. The summed E-state index contributed by atoms with van der Waals surface area (Å²) >= 11 is 0. The van der Waals surface area contributed by atoms with E-state index in [1.807, 2.05) is 13.8 Å². The number of aliphatic carboxylic acids is 4. The summed E-state index contributed by atoms with van der Waals surface area (Å²) in [5.74, 6) is -5.86. The molecule has 1 heterocycles. The van der Waals surface area contributed by atoms with Crippen LogP contribution in [0.25, 0.3) is 0 Å². The van der Waals surface area contributed by atoms with Crippen molar-refractivity contribution in [2.75, 3.05) is 0 Å². The Morgan fingerprint density at radius 3 is 1.22 bits per heavy atom. The van der Waals surface area contributed by atoms with Crippen molar-refractivity contribution in [3.8, 4) is 0 Å². The van der Waals surface area contributed by atoms with E-state index in [4.69, 9.17) is 0 Å². The van der Waals surface area contributed by atoms with Gasteiger partial charge in [0.05, 0.1) is 33.7 Å². The lowest BCUT2D eigenvalue weighted by atomic mass is 9.98. The summed E-state index contributed by atoms with van der Waals surface area (Å²) in [4.78, 5) is 46.2. The summed E-state index contributed by atoms with van der Waals surface area (Å²) in [5, 5.41) is 40.1. The molecule has 0 aromatic carbocycles. The Morgan fingerprint density at radius 2 is 1.00 bits per heavy atom. The lowest BCUT2D eigenvalue weighted by Crippen LogP contribution is -2.12. The maximum absolute atomic E-state index is 11.6. The molecule has 0 bridgehead atoms. The fourth-order valence-corrected chi connectivity index (χ4v) is 2.63. The molecule has 0 amide bonds. The third-order valence-electron chi connectivity index (χ3n) is 4.05. The van der Waals surface area contributed by atoms with Crippen LogP contribution in [-0.4, -0.2) is 44.3 Å². The lowest BCUT2D eigenvalue weighted by molar-refractivity contribution is -0.135. The van der Waals surface area contributed by atoms with E-state index in [1.54, 1.807) is 0 Å². The Hall–Kier alpha value is -3.10. The van der Waals surface area contributed by atoms with Gasteiger partial charge in [-0.25, -0.2) is 19.2 Å². The van der Waals surface area contributed by atoms with E-state index in [-0.39, 0.29) is 35.4 Å². The fraction of sp³-hybridized carbons (Fsp3) is 0.444. The molecule has 9 nitrogen and oxygen atoms in total. The molecule has 148 valence electrons. The number of nitrogens with one attached hydrogen (secondary N) is 1. The summed E-state index contributed by atoms with van der Waals surface area (Å²) in [6.45, 7) is 3.64. The standard InChI is InChI=1S/C18H23NO8/c1-3-5-7-9(15(20)21)11(17(24)25)13-14(19-13)12(18(26)27)10(16(22)23)8-6-4-2/h19H,3-8H2,1-2H3,(H,20,21)(H,22,23)(H,24,25)(H,26,27)/b11-9-,12-10-. The Labute approximate surface area is 155 Å². The van der Waals surface area contributed by atoms with E-state index >= 15 is 0 Å². The summed E-state index contributed by atoms with van der Waals surface area (Å²) in [6.07, 6.45) is 2.17. The van der Waals surface area contributed by atoms with Crippen molar-refractivity contribution in [3.63, 3.8) is 0 Å². The number of carboxylic acids is 4. The van der Waals surface area contributed by atoms with Crippen LogP contribution in [0.4, 0.5) is 0 Å². The van der Waals surface area contributed by atoms with Crippen LogP contribution in [0.15, 0.2) is 33.7 Å². The molecule has 0 aliphatic carbocycles. The van der Waals surface area contributed by atoms with Crippen LogP contribution in [0.2, 0.25) is 0 Å². The zero-order chi connectivity index (χ0) is 20.7. The number of carboxylic acid groups (broad SMARTS) is 4. The van der Waals surface area contributed by atoms with E-state index < -0.39 is 35.0 Å². The maximum atomic E-state index is 11.6. The molecule has 0 saturated carbocycles. The van der Waals surface area contributed by atoms with E-state index in [1.165, 1.54) is 0 Å². The smallest absolute Gasteiger partial charge is 0.338 e. The monoisotopic (exact) mass is 381 g/mol. The molecule has 0 atom stereocenters. The summed E-state index contributed by atoms with van der Waals surface area (Å²) in [7, 11) is 0. The van der Waals surface area contributed by atoms with Crippen LogP contribution in [0.3, 0.4) is 0 Å². The highest BCUT2D eigenvalue weighted by atomic mass is 16.4. The second-order valence-corrected chi connectivity index (χ2v) is 6.01. The highest BCUT2D eigenvalue weighted by molar-refractivity contribution is 6.07. The van der Waals surface area contributed by atoms with Gasteiger partial charge in [-0.2, -0.15) is 0 Å². The Morgan fingerprint density at radius 1 is 0.667 bits per heavy atom. The second kappa shape index (κ2) is 9.56. The molecule has 0 radical (unpaired) electrons. The summed E-state index contributed by atoms with van der Waals surface area (Å²) in [5.41, 5.74) is -2.10. The van der Waals surface area contributed by atoms with Crippen molar-refractivity contribution in [2.45, 2.75) is 52.4 Å². The van der Waals surface area contributed by atoms with Gasteiger partial charge >= 0.3 is 23.9 Å². The number of hydrogen-bond acceptors (Lipinski definition) is 5. The van der Waals surface area contributed by atoms with Crippen molar-refractivity contribution in [3.05, 3.63) is 33.7 Å². The summed E-state index contributed by atoms with van der Waals surface area (Å²) in [6, 6.07) is 0. The van der Waals surface area contributed by atoms with E-state index in [9.17, 15) is 39.6 Å². The minimum absolute atomic E-state index is 0.000329. The first-order chi connectivity index (χ1) is 12.7. The molecule has 0 fully saturated rings. The van der Waals surface area contributed by atoms with Crippen LogP contribution in [0.1, 0.15) is 52.4 Å². The number of rotatable bonds is 12. The molecular weight excluding hydrogens is 358 g/mol. The van der Waals surface area contributed by atoms with Gasteiger partial charge in [-0.05, 0) is 25.7 Å². The first kappa shape index (κ1) is 21.9. The Kier molecular flexibility index (Phi) is 7.77. The van der Waals surface area contributed by atoms with Crippen LogP contribution in [0.5, 0.6) is 0 Å². The van der Waals surface area contributed by atoms with Gasteiger partial charge in [0.1, 0.15) is 0 Å². The van der Waals surface area contributed by atoms with Crippen molar-refractivity contribution < 1.29 is 39.6 Å². The van der Waals surface area contributed by atoms with Crippen molar-refractivity contribution in [1.82, 2.24) is 5.32 Å². The highest BCUT2D eigenvalue weighted by Gasteiger charge is 2.39. The lowest BCUT2D eigenvalue weighted by Gasteiger charge is -2.05. The molecule has 1 rings (SSSR count). The van der Waals surface area contributed by atoms with Crippen molar-refractivity contribution in [1.29, 1.82) is 0 Å². The molecule has 0 saturated heterocycles. The van der Waals surface area contributed by atoms with E-state index in [0.29, 0.717) is 25.7 Å². The van der Waals surface area contributed by atoms with Crippen molar-refractivity contribution >= 4 is 23.9 Å². The number of hydrogen-bond donors (Lipinski definition) is 5. The predicted molar refractivity (Wildman–Crippen MR) is 93.8 cm³/mol. The molecule has 1 aliphatic rings. The summed E-state index contributed by atoms with van der Waals surface area (Å²) < 4.78 is 0. The second-order valence-electron chi connectivity index (χ2n) is 6.01. The molecule has 5 N–H and O–H groups in total. The zero-order valence-electron chi connectivity index (χ0n) is 15.2. The molecule has 0 aromatic heterocycles. The average Bonchev–Trinajstić information content (AvgIpc) is 3.33. The van der Waals surface area contributed by atoms with Crippen LogP contribution in [0, 0.1) is 0 Å². The third-order valence-corrected chi connectivity index (χ3v) is 4.05. The maximum Gasteiger partial charge on any atom is 0.338 e. The van der Waals surface area contributed by atoms with Crippen LogP contribution < -0.4 is 5.32 Å². The Balaban J connectivity index is 3.57. The quantitative estimate of drug-likeness (QED) is 0.317. The van der Waals surface area contributed by atoms with Gasteiger partial charge < -0.3 is 25.7 Å². The topological polar surface area (TPSA) is 171 Å². The van der Waals surface area contributed by atoms with Gasteiger partial charge in [0, 0.05) is 0 Å². The van der Waals surface area contributed by atoms with Gasteiger partial charge in [-0.15, -0.1) is 0 Å². The first-order valence-corrected chi connectivity index (χ1v) is 8.58. The van der Waals surface area contributed by atoms with E-state index in [2.05, 4.69) is 5.32 Å². The predicted octanol–water partition coefficient (Wildman–Crippen LogP) is 2.11.